The van der Waals surface area contributed by atoms with Gasteiger partial charge in [0.2, 0.25) is 16.0 Å². The first-order valence-corrected chi connectivity index (χ1v) is 11.3. The number of hydrogen-bond acceptors (Lipinski definition) is 6. The van der Waals surface area contributed by atoms with Gasteiger partial charge in [-0.3, -0.25) is 0 Å². The number of aryl methyl sites for hydroxylation is 2. The van der Waals surface area contributed by atoms with E-state index in [0.717, 1.165) is 36.0 Å². The Balaban J connectivity index is 1.45. The van der Waals surface area contributed by atoms with Crippen LogP contribution in [0.25, 0.3) is 0 Å². The molecule has 1 aromatic carbocycles. The lowest BCUT2D eigenvalue weighted by atomic mass is 10.1. The second-order valence-corrected chi connectivity index (χ2v) is 9.48. The van der Waals surface area contributed by atoms with Gasteiger partial charge in [-0.05, 0) is 56.0 Å². The second-order valence-electron chi connectivity index (χ2n) is 7.55. The topological polar surface area (TPSA) is 69.6 Å². The van der Waals surface area contributed by atoms with Crippen molar-refractivity contribution in [3.63, 3.8) is 0 Å². The van der Waals surface area contributed by atoms with E-state index in [1.807, 2.05) is 26.0 Å². The number of aromatic nitrogens is 2. The van der Waals surface area contributed by atoms with E-state index in [1.54, 1.807) is 22.6 Å². The van der Waals surface area contributed by atoms with E-state index < -0.39 is 10.0 Å². The number of benzene rings is 1. The van der Waals surface area contributed by atoms with E-state index in [0.29, 0.717) is 31.1 Å². The summed E-state index contributed by atoms with van der Waals surface area (Å²) < 4.78 is 27.6. The van der Waals surface area contributed by atoms with Crippen molar-refractivity contribution in [1.82, 2.24) is 14.3 Å². The molecule has 28 heavy (non-hydrogen) atoms. The highest BCUT2D eigenvalue weighted by Gasteiger charge is 2.29. The third-order valence-electron chi connectivity index (χ3n) is 5.70. The Bertz CT molecular complexity index is 949. The SMILES string of the molecule is Cc1ccc(S(=O)(=O)N2CCN(c3ccnc(N4CCCC4)n3)CC2)cc1C. The normalized spacial score (nSPS) is 18.6. The molecule has 150 valence electrons. The van der Waals surface area contributed by atoms with Gasteiger partial charge in [-0.2, -0.15) is 9.29 Å². The summed E-state index contributed by atoms with van der Waals surface area (Å²) in [7, 11) is -3.46. The van der Waals surface area contributed by atoms with Gasteiger partial charge in [0.15, 0.2) is 0 Å². The van der Waals surface area contributed by atoms with Gasteiger partial charge in [0.1, 0.15) is 5.82 Å². The van der Waals surface area contributed by atoms with E-state index in [4.69, 9.17) is 4.98 Å². The molecular weight excluding hydrogens is 374 g/mol. The highest BCUT2D eigenvalue weighted by molar-refractivity contribution is 7.89. The summed E-state index contributed by atoms with van der Waals surface area (Å²) in [6.45, 7) is 8.11. The molecule has 0 radical (unpaired) electrons. The smallest absolute Gasteiger partial charge is 0.243 e. The van der Waals surface area contributed by atoms with E-state index in [9.17, 15) is 8.42 Å². The van der Waals surface area contributed by atoms with Crippen molar-refractivity contribution in [3.05, 3.63) is 41.6 Å². The Morgan fingerprint density at radius 3 is 2.25 bits per heavy atom. The standard InChI is InChI=1S/C20H27N5O2S/c1-16-5-6-18(15-17(16)2)28(26,27)25-13-11-23(12-14-25)19-7-8-21-20(22-19)24-9-3-4-10-24/h5-8,15H,3-4,9-14H2,1-2H3. The fourth-order valence-corrected chi connectivity index (χ4v) is 5.27. The van der Waals surface area contributed by atoms with Crippen LogP contribution in [0.1, 0.15) is 24.0 Å². The van der Waals surface area contributed by atoms with E-state index >= 15 is 0 Å². The van der Waals surface area contributed by atoms with Gasteiger partial charge in [0.05, 0.1) is 4.90 Å². The van der Waals surface area contributed by atoms with Crippen LogP contribution in [0.5, 0.6) is 0 Å². The number of sulfonamides is 1. The van der Waals surface area contributed by atoms with E-state index in [-0.39, 0.29) is 0 Å². The maximum atomic E-state index is 13.0. The Morgan fingerprint density at radius 2 is 1.57 bits per heavy atom. The van der Waals surface area contributed by atoms with Crippen LogP contribution in [0, 0.1) is 13.8 Å². The average Bonchev–Trinajstić information content (AvgIpc) is 3.25. The lowest BCUT2D eigenvalue weighted by Gasteiger charge is -2.35. The Labute approximate surface area is 167 Å². The number of nitrogens with zero attached hydrogens (tertiary/aromatic N) is 5. The summed E-state index contributed by atoms with van der Waals surface area (Å²) >= 11 is 0. The van der Waals surface area contributed by atoms with Gasteiger partial charge < -0.3 is 9.80 Å². The lowest BCUT2D eigenvalue weighted by molar-refractivity contribution is 0.383. The van der Waals surface area contributed by atoms with Gasteiger partial charge in [-0.25, -0.2) is 13.4 Å². The van der Waals surface area contributed by atoms with Crippen LogP contribution in [-0.4, -0.2) is 62.0 Å². The first-order chi connectivity index (χ1) is 13.4. The molecule has 0 amide bonds. The van der Waals surface area contributed by atoms with Crippen LogP contribution in [0.4, 0.5) is 11.8 Å². The zero-order valence-electron chi connectivity index (χ0n) is 16.5. The molecule has 0 aliphatic carbocycles. The molecule has 0 unspecified atom stereocenters. The van der Waals surface area contributed by atoms with Crippen molar-refractivity contribution in [1.29, 1.82) is 0 Å². The van der Waals surface area contributed by atoms with Crippen molar-refractivity contribution in [2.45, 2.75) is 31.6 Å². The minimum absolute atomic E-state index is 0.377. The van der Waals surface area contributed by atoms with Crippen molar-refractivity contribution in [3.8, 4) is 0 Å². The molecule has 8 heteroatoms. The summed E-state index contributed by atoms with van der Waals surface area (Å²) in [6.07, 6.45) is 4.17. The molecule has 0 atom stereocenters. The van der Waals surface area contributed by atoms with E-state index in [2.05, 4.69) is 14.8 Å². The Kier molecular flexibility index (Phi) is 5.25. The number of piperazine rings is 1. The molecule has 0 saturated carbocycles. The van der Waals surface area contributed by atoms with Crippen LogP contribution in [0.15, 0.2) is 35.4 Å². The van der Waals surface area contributed by atoms with Gasteiger partial charge in [-0.15, -0.1) is 0 Å². The zero-order valence-corrected chi connectivity index (χ0v) is 17.3. The fraction of sp³-hybridized carbons (Fsp3) is 0.500. The molecule has 2 aliphatic rings. The molecule has 3 heterocycles. The molecule has 2 aromatic rings. The van der Waals surface area contributed by atoms with E-state index in [1.165, 1.54) is 12.8 Å². The molecule has 4 rings (SSSR count). The molecule has 0 bridgehead atoms. The van der Waals surface area contributed by atoms with Gasteiger partial charge in [0, 0.05) is 45.5 Å². The monoisotopic (exact) mass is 401 g/mol. The maximum absolute atomic E-state index is 13.0. The predicted octanol–water partition coefficient (Wildman–Crippen LogP) is 2.20. The summed E-state index contributed by atoms with van der Waals surface area (Å²) in [5, 5.41) is 0. The zero-order chi connectivity index (χ0) is 19.7. The predicted molar refractivity (Wildman–Crippen MR) is 110 cm³/mol. The van der Waals surface area contributed by atoms with Crippen LogP contribution in [0.3, 0.4) is 0 Å². The van der Waals surface area contributed by atoms with Crippen LogP contribution in [0.2, 0.25) is 0 Å². The fourth-order valence-electron chi connectivity index (χ4n) is 3.77. The van der Waals surface area contributed by atoms with Crippen LogP contribution >= 0.6 is 0 Å². The first-order valence-electron chi connectivity index (χ1n) is 9.85. The minimum atomic E-state index is -3.46. The van der Waals surface area contributed by atoms with Crippen LogP contribution < -0.4 is 9.80 Å². The summed E-state index contributed by atoms with van der Waals surface area (Å²) in [5.74, 6) is 1.65. The van der Waals surface area contributed by atoms with Crippen molar-refractivity contribution in [2.24, 2.45) is 0 Å². The molecule has 2 fully saturated rings. The minimum Gasteiger partial charge on any atom is -0.354 e. The molecule has 0 spiro atoms. The van der Waals surface area contributed by atoms with Gasteiger partial charge in [0.25, 0.3) is 0 Å². The summed E-state index contributed by atoms with van der Waals surface area (Å²) in [6, 6.07) is 7.26. The molecule has 2 aliphatic heterocycles. The summed E-state index contributed by atoms with van der Waals surface area (Å²) in [4.78, 5) is 13.9. The number of rotatable bonds is 4. The largest absolute Gasteiger partial charge is 0.354 e. The summed E-state index contributed by atoms with van der Waals surface area (Å²) in [5.41, 5.74) is 2.09. The maximum Gasteiger partial charge on any atom is 0.243 e. The third kappa shape index (κ3) is 3.71. The average molecular weight is 402 g/mol. The second kappa shape index (κ2) is 7.67. The van der Waals surface area contributed by atoms with Crippen LogP contribution in [-0.2, 0) is 10.0 Å². The first kappa shape index (κ1) is 19.1. The number of hydrogen-bond donors (Lipinski definition) is 0. The molecule has 7 nitrogen and oxygen atoms in total. The third-order valence-corrected chi connectivity index (χ3v) is 7.59. The van der Waals surface area contributed by atoms with Crippen molar-refractivity contribution < 1.29 is 8.42 Å². The lowest BCUT2D eigenvalue weighted by Crippen LogP contribution is -2.49. The molecular formula is C20H27N5O2S. The quantitative estimate of drug-likeness (QED) is 0.782. The van der Waals surface area contributed by atoms with Crippen molar-refractivity contribution in [2.75, 3.05) is 49.1 Å². The van der Waals surface area contributed by atoms with Gasteiger partial charge >= 0.3 is 0 Å². The highest BCUT2D eigenvalue weighted by atomic mass is 32.2. The Morgan fingerprint density at radius 1 is 0.857 bits per heavy atom. The molecule has 0 N–H and O–H groups in total. The van der Waals surface area contributed by atoms with Crippen molar-refractivity contribution >= 4 is 21.8 Å². The molecule has 1 aromatic heterocycles. The van der Waals surface area contributed by atoms with Gasteiger partial charge in [-0.1, -0.05) is 6.07 Å². The Hall–Kier alpha value is -2.19. The number of anilines is 2. The molecule has 2 saturated heterocycles. The highest BCUT2D eigenvalue weighted by Crippen LogP contribution is 2.23.